The number of carbonyl (C=O) groups is 2. The maximum atomic E-state index is 12.7. The molecule has 3 N–H and O–H groups in total. The van der Waals surface area contributed by atoms with Crippen LogP contribution in [0.5, 0.6) is 0 Å². The van der Waals surface area contributed by atoms with Crippen LogP contribution in [-0.2, 0) is 9.59 Å². The lowest BCUT2D eigenvalue weighted by Gasteiger charge is -2.31. The number of benzene rings is 1. The van der Waals surface area contributed by atoms with Crippen LogP contribution < -0.4 is 10.6 Å². The van der Waals surface area contributed by atoms with Crippen molar-refractivity contribution >= 4 is 17.6 Å². The SMILES string of the molecule is CCC(N)(CC)C(=O)N1CC(C(=O)O)c2ccccc21. The van der Waals surface area contributed by atoms with Crippen molar-refractivity contribution < 1.29 is 14.7 Å². The van der Waals surface area contributed by atoms with E-state index in [-0.39, 0.29) is 12.5 Å². The summed E-state index contributed by atoms with van der Waals surface area (Å²) in [7, 11) is 0. The Morgan fingerprint density at radius 2 is 1.95 bits per heavy atom. The van der Waals surface area contributed by atoms with E-state index in [9.17, 15) is 14.7 Å². The van der Waals surface area contributed by atoms with Crippen LogP contribution in [-0.4, -0.2) is 29.1 Å². The van der Waals surface area contributed by atoms with Crippen LogP contribution >= 0.6 is 0 Å². The Hall–Kier alpha value is -1.88. The number of nitrogens with zero attached hydrogens (tertiary/aromatic N) is 1. The fourth-order valence-electron chi connectivity index (χ4n) is 2.63. The van der Waals surface area contributed by atoms with Gasteiger partial charge in [0.15, 0.2) is 0 Å². The number of fused-ring (bicyclic) bond motifs is 1. The minimum absolute atomic E-state index is 0.159. The normalized spacial score (nSPS) is 17.9. The van der Waals surface area contributed by atoms with E-state index in [4.69, 9.17) is 5.73 Å². The molecule has 0 saturated carbocycles. The molecule has 1 amide bonds. The molecule has 0 saturated heterocycles. The van der Waals surface area contributed by atoms with Gasteiger partial charge in [0, 0.05) is 12.2 Å². The zero-order chi connectivity index (χ0) is 14.9. The van der Waals surface area contributed by atoms with Crippen molar-refractivity contribution in [1.82, 2.24) is 0 Å². The molecule has 1 aliphatic rings. The van der Waals surface area contributed by atoms with Gasteiger partial charge in [-0.05, 0) is 24.5 Å². The van der Waals surface area contributed by atoms with Gasteiger partial charge in [-0.15, -0.1) is 0 Å². The average molecular weight is 276 g/mol. The zero-order valence-electron chi connectivity index (χ0n) is 11.8. The molecule has 0 spiro atoms. The molecule has 1 atom stereocenters. The number of aliphatic carboxylic acids is 1. The summed E-state index contributed by atoms with van der Waals surface area (Å²) in [6, 6.07) is 7.14. The number of carbonyl (C=O) groups excluding carboxylic acids is 1. The van der Waals surface area contributed by atoms with E-state index in [0.29, 0.717) is 24.1 Å². The van der Waals surface area contributed by atoms with E-state index >= 15 is 0 Å². The van der Waals surface area contributed by atoms with Crippen LogP contribution in [0.15, 0.2) is 24.3 Å². The lowest BCUT2D eigenvalue weighted by Crippen LogP contribution is -2.54. The number of para-hydroxylation sites is 1. The minimum atomic E-state index is -0.930. The van der Waals surface area contributed by atoms with Crippen LogP contribution in [0.25, 0.3) is 0 Å². The molecular weight excluding hydrogens is 256 g/mol. The molecule has 5 nitrogen and oxygen atoms in total. The maximum absolute atomic E-state index is 12.7. The fourth-order valence-corrected chi connectivity index (χ4v) is 2.63. The van der Waals surface area contributed by atoms with Gasteiger partial charge in [0.25, 0.3) is 0 Å². The Morgan fingerprint density at radius 1 is 1.35 bits per heavy atom. The van der Waals surface area contributed by atoms with Crippen molar-refractivity contribution in [3.63, 3.8) is 0 Å². The zero-order valence-corrected chi connectivity index (χ0v) is 11.8. The Kier molecular flexibility index (Phi) is 3.81. The summed E-state index contributed by atoms with van der Waals surface area (Å²) in [6.07, 6.45) is 1.05. The molecule has 5 heteroatoms. The van der Waals surface area contributed by atoms with E-state index in [1.165, 1.54) is 4.90 Å². The summed E-state index contributed by atoms with van der Waals surface area (Å²) < 4.78 is 0. The molecule has 1 aromatic carbocycles. The Bertz CT molecular complexity index is 538. The average Bonchev–Trinajstić information content (AvgIpc) is 2.85. The van der Waals surface area contributed by atoms with Crippen LogP contribution in [0.4, 0.5) is 5.69 Å². The molecular formula is C15H20N2O3. The molecule has 0 bridgehead atoms. The first-order valence-corrected chi connectivity index (χ1v) is 6.87. The van der Waals surface area contributed by atoms with Gasteiger partial charge >= 0.3 is 5.97 Å². The summed E-state index contributed by atoms with van der Waals surface area (Å²) in [5, 5.41) is 9.31. The number of hydrogen-bond acceptors (Lipinski definition) is 3. The van der Waals surface area contributed by atoms with Gasteiger partial charge in [0.05, 0.1) is 5.54 Å². The number of amides is 1. The lowest BCUT2D eigenvalue weighted by atomic mass is 9.92. The van der Waals surface area contributed by atoms with Gasteiger partial charge in [-0.3, -0.25) is 9.59 Å². The molecule has 108 valence electrons. The van der Waals surface area contributed by atoms with Crippen molar-refractivity contribution in [1.29, 1.82) is 0 Å². The second-order valence-electron chi connectivity index (χ2n) is 5.23. The molecule has 2 rings (SSSR count). The monoisotopic (exact) mass is 276 g/mol. The van der Waals surface area contributed by atoms with Crippen LogP contribution in [0.1, 0.15) is 38.2 Å². The van der Waals surface area contributed by atoms with Gasteiger partial charge in [0.1, 0.15) is 5.92 Å². The van der Waals surface area contributed by atoms with Gasteiger partial charge in [0.2, 0.25) is 5.91 Å². The number of carboxylic acids is 1. The molecule has 0 radical (unpaired) electrons. The standard InChI is InChI=1S/C15H20N2O3/c1-3-15(16,4-2)14(20)17-9-11(13(18)19)10-7-5-6-8-12(10)17/h5-8,11H,3-4,9,16H2,1-2H3,(H,18,19). The molecule has 1 unspecified atom stereocenters. The number of anilines is 1. The third kappa shape index (κ3) is 2.18. The largest absolute Gasteiger partial charge is 0.481 e. The van der Waals surface area contributed by atoms with Crippen molar-refractivity contribution in [2.75, 3.05) is 11.4 Å². The molecule has 0 fully saturated rings. The number of hydrogen-bond donors (Lipinski definition) is 2. The van der Waals surface area contributed by atoms with E-state index in [1.54, 1.807) is 24.3 Å². The lowest BCUT2D eigenvalue weighted by molar-refractivity contribution is -0.138. The first kappa shape index (κ1) is 14.5. The highest BCUT2D eigenvalue weighted by molar-refractivity contribution is 6.03. The van der Waals surface area contributed by atoms with Gasteiger partial charge in [-0.2, -0.15) is 0 Å². The first-order valence-electron chi connectivity index (χ1n) is 6.87. The summed E-state index contributed by atoms with van der Waals surface area (Å²) in [5.41, 5.74) is 6.58. The Morgan fingerprint density at radius 3 is 2.50 bits per heavy atom. The number of rotatable bonds is 4. The van der Waals surface area contributed by atoms with Gasteiger partial charge < -0.3 is 15.7 Å². The van der Waals surface area contributed by atoms with E-state index in [1.807, 2.05) is 13.8 Å². The maximum Gasteiger partial charge on any atom is 0.312 e. The fraction of sp³-hybridized carbons (Fsp3) is 0.467. The van der Waals surface area contributed by atoms with Crippen molar-refractivity contribution in [2.24, 2.45) is 5.73 Å². The van der Waals surface area contributed by atoms with Crippen LogP contribution in [0, 0.1) is 0 Å². The molecule has 20 heavy (non-hydrogen) atoms. The predicted octanol–water partition coefficient (Wildman–Crippen LogP) is 1.72. The summed E-state index contributed by atoms with van der Waals surface area (Å²) in [5.74, 6) is -1.78. The Balaban J connectivity index is 2.41. The predicted molar refractivity (Wildman–Crippen MR) is 76.7 cm³/mol. The van der Waals surface area contributed by atoms with Crippen molar-refractivity contribution in [2.45, 2.75) is 38.1 Å². The second-order valence-corrected chi connectivity index (χ2v) is 5.23. The highest BCUT2D eigenvalue weighted by atomic mass is 16.4. The van der Waals surface area contributed by atoms with Gasteiger partial charge in [-0.25, -0.2) is 0 Å². The van der Waals surface area contributed by atoms with Crippen molar-refractivity contribution in [3.8, 4) is 0 Å². The third-order valence-corrected chi connectivity index (χ3v) is 4.20. The van der Waals surface area contributed by atoms with E-state index < -0.39 is 17.4 Å². The molecule has 1 aliphatic heterocycles. The highest BCUT2D eigenvalue weighted by Crippen LogP contribution is 2.37. The summed E-state index contributed by atoms with van der Waals surface area (Å²) >= 11 is 0. The van der Waals surface area contributed by atoms with Crippen LogP contribution in [0.2, 0.25) is 0 Å². The molecule has 0 aliphatic carbocycles. The minimum Gasteiger partial charge on any atom is -0.481 e. The summed E-state index contributed by atoms with van der Waals surface area (Å²) in [4.78, 5) is 25.5. The second kappa shape index (κ2) is 5.25. The first-order chi connectivity index (χ1) is 9.44. The van der Waals surface area contributed by atoms with E-state index in [2.05, 4.69) is 0 Å². The number of carboxylic acid groups (broad SMARTS) is 1. The quantitative estimate of drug-likeness (QED) is 0.877. The third-order valence-electron chi connectivity index (χ3n) is 4.20. The topological polar surface area (TPSA) is 83.6 Å². The molecule has 1 aromatic rings. The van der Waals surface area contributed by atoms with Crippen LogP contribution in [0.3, 0.4) is 0 Å². The smallest absolute Gasteiger partial charge is 0.312 e. The molecule has 1 heterocycles. The Labute approximate surface area is 118 Å². The van der Waals surface area contributed by atoms with Gasteiger partial charge in [-0.1, -0.05) is 32.0 Å². The van der Waals surface area contributed by atoms with E-state index in [0.717, 1.165) is 0 Å². The molecule has 0 aromatic heterocycles. The summed E-state index contributed by atoms with van der Waals surface area (Å²) in [6.45, 7) is 3.91. The number of nitrogens with two attached hydrogens (primary N) is 1. The highest BCUT2D eigenvalue weighted by Gasteiger charge is 2.42. The van der Waals surface area contributed by atoms with Crippen molar-refractivity contribution in [3.05, 3.63) is 29.8 Å².